The van der Waals surface area contributed by atoms with Crippen molar-refractivity contribution < 1.29 is 23.6 Å². The van der Waals surface area contributed by atoms with Gasteiger partial charge in [0.15, 0.2) is 0 Å². The van der Waals surface area contributed by atoms with Crippen molar-refractivity contribution in [3.63, 3.8) is 0 Å². The lowest BCUT2D eigenvalue weighted by Crippen LogP contribution is -2.43. The quantitative estimate of drug-likeness (QED) is 0.497. The average molecular weight is 383 g/mol. The fourth-order valence-corrected chi connectivity index (χ4v) is 2.92. The number of benzene rings is 2. The molecule has 2 rings (SSSR count). The van der Waals surface area contributed by atoms with Gasteiger partial charge in [0.2, 0.25) is 5.91 Å². The van der Waals surface area contributed by atoms with Gasteiger partial charge in [0, 0.05) is 27.1 Å². The number of carbonyl (C=O) groups is 2. The van der Waals surface area contributed by atoms with E-state index in [2.05, 4.69) is 5.32 Å². The van der Waals surface area contributed by atoms with E-state index in [4.69, 9.17) is 14.0 Å². The van der Waals surface area contributed by atoms with E-state index in [0.717, 1.165) is 16.6 Å². The molecule has 1 atom stereocenters. The first-order chi connectivity index (χ1) is 13.6. The highest BCUT2D eigenvalue weighted by Crippen LogP contribution is 2.07. The first-order valence-electron chi connectivity index (χ1n) is 9.13. The Morgan fingerprint density at radius 3 is 2.14 bits per heavy atom. The molecule has 0 unspecified atom stereocenters. The van der Waals surface area contributed by atoms with Crippen LogP contribution >= 0.6 is 0 Å². The highest BCUT2D eigenvalue weighted by atomic mass is 16.6. The summed E-state index contributed by atoms with van der Waals surface area (Å²) < 4.78 is 15.3. The molecule has 0 bridgehead atoms. The fourth-order valence-electron chi connectivity index (χ4n) is 2.92. The van der Waals surface area contributed by atoms with E-state index >= 15 is 0 Å². The molecule has 6 nitrogen and oxygen atoms in total. The molecule has 0 aromatic heterocycles. The number of methoxy groups -OCH3 is 1. The lowest BCUT2D eigenvalue weighted by atomic mass is 9.78. The van der Waals surface area contributed by atoms with Gasteiger partial charge in [0.25, 0.3) is 0 Å². The lowest BCUT2D eigenvalue weighted by molar-refractivity contribution is -0.145. The molecule has 1 amide bonds. The van der Waals surface area contributed by atoms with Crippen molar-refractivity contribution in [1.29, 1.82) is 0 Å². The molecule has 0 heterocycles. The van der Waals surface area contributed by atoms with Gasteiger partial charge in [-0.1, -0.05) is 54.6 Å². The van der Waals surface area contributed by atoms with Gasteiger partial charge < -0.3 is 19.4 Å². The molecule has 0 aliphatic rings. The molecule has 0 aliphatic heterocycles. The van der Waals surface area contributed by atoms with Crippen LogP contribution in [0.1, 0.15) is 17.5 Å². The van der Waals surface area contributed by atoms with E-state index in [1.54, 1.807) is 14.2 Å². The minimum atomic E-state index is -0.736. The van der Waals surface area contributed by atoms with Gasteiger partial charge >= 0.3 is 13.1 Å². The monoisotopic (exact) mass is 383 g/mol. The zero-order chi connectivity index (χ0) is 20.4. The highest BCUT2D eigenvalue weighted by Gasteiger charge is 2.23. The molecular formula is C21H26BNO5. The van der Waals surface area contributed by atoms with Crippen molar-refractivity contribution in [2.75, 3.05) is 21.3 Å². The fraction of sp³-hybridized carbons (Fsp3) is 0.333. The minimum absolute atomic E-state index is 0.185. The number of nitrogens with one attached hydrogen (secondary N) is 1. The molecule has 0 radical (unpaired) electrons. The molecule has 0 spiro atoms. The third kappa shape index (κ3) is 6.51. The van der Waals surface area contributed by atoms with E-state index in [1.165, 1.54) is 7.11 Å². The molecule has 0 saturated heterocycles. The topological polar surface area (TPSA) is 73.9 Å². The first-order valence-corrected chi connectivity index (χ1v) is 9.13. The summed E-state index contributed by atoms with van der Waals surface area (Å²) in [5.41, 5.74) is 2.84. The van der Waals surface area contributed by atoms with Crippen molar-refractivity contribution in [1.82, 2.24) is 5.32 Å². The third-order valence-corrected chi connectivity index (χ3v) is 4.42. The summed E-state index contributed by atoms with van der Waals surface area (Å²) in [4.78, 5) is 24.4. The van der Waals surface area contributed by atoms with Crippen molar-refractivity contribution in [3.05, 3.63) is 65.7 Å². The summed E-state index contributed by atoms with van der Waals surface area (Å²) in [5, 5.41) is 2.78. The highest BCUT2D eigenvalue weighted by molar-refractivity contribution is 6.61. The number of amides is 1. The second kappa shape index (κ2) is 11.3. The molecule has 1 N–H and O–H groups in total. The summed E-state index contributed by atoms with van der Waals surface area (Å²) in [7, 11) is 4.01. The van der Waals surface area contributed by atoms with Crippen molar-refractivity contribution >= 4 is 24.5 Å². The van der Waals surface area contributed by atoms with Crippen LogP contribution in [-0.2, 0) is 36.5 Å². The summed E-state index contributed by atoms with van der Waals surface area (Å²) >= 11 is 0. The predicted octanol–water partition coefficient (Wildman–Crippen LogP) is 1.51. The summed E-state index contributed by atoms with van der Waals surface area (Å²) in [6.45, 7) is 0. The predicted molar refractivity (Wildman–Crippen MR) is 108 cm³/mol. The number of aryl methyl sites for hydroxylation is 1. The zero-order valence-corrected chi connectivity index (χ0v) is 16.5. The third-order valence-electron chi connectivity index (χ3n) is 4.42. The van der Waals surface area contributed by atoms with Crippen LogP contribution in [0.15, 0.2) is 54.6 Å². The second-order valence-corrected chi connectivity index (χ2v) is 6.38. The van der Waals surface area contributed by atoms with Gasteiger partial charge in [-0.3, -0.25) is 4.79 Å². The Bertz CT molecular complexity index is 747. The van der Waals surface area contributed by atoms with Crippen LogP contribution in [0.4, 0.5) is 0 Å². The van der Waals surface area contributed by atoms with Crippen molar-refractivity contribution in [3.8, 4) is 0 Å². The molecule has 0 fully saturated rings. The SMILES string of the molecule is COB(OC)c1ccc(C[C@@H](NC(=O)CCc2ccccc2)C(=O)OC)cc1. The molecule has 2 aromatic carbocycles. The van der Waals surface area contributed by atoms with Crippen LogP contribution in [0.25, 0.3) is 0 Å². The molecule has 28 heavy (non-hydrogen) atoms. The Labute approximate surface area is 166 Å². The minimum Gasteiger partial charge on any atom is -0.467 e. The second-order valence-electron chi connectivity index (χ2n) is 6.38. The van der Waals surface area contributed by atoms with Gasteiger partial charge in [-0.2, -0.15) is 0 Å². The number of hydrogen-bond donors (Lipinski definition) is 1. The van der Waals surface area contributed by atoms with Crippen LogP contribution in [0.3, 0.4) is 0 Å². The largest absolute Gasteiger partial charge is 0.493 e. The smallest absolute Gasteiger partial charge is 0.467 e. The molecular weight excluding hydrogens is 357 g/mol. The zero-order valence-electron chi connectivity index (χ0n) is 16.5. The number of carbonyl (C=O) groups excluding carboxylic acids is 2. The maximum atomic E-state index is 12.3. The van der Waals surface area contributed by atoms with Gasteiger partial charge in [0.05, 0.1) is 7.11 Å². The number of hydrogen-bond acceptors (Lipinski definition) is 5. The summed E-state index contributed by atoms with van der Waals surface area (Å²) in [5.74, 6) is -0.654. The summed E-state index contributed by atoms with van der Waals surface area (Å²) in [6.07, 6.45) is 1.26. The molecule has 7 heteroatoms. The maximum Gasteiger partial charge on any atom is 0.493 e. The van der Waals surface area contributed by atoms with Crippen LogP contribution in [0, 0.1) is 0 Å². The first kappa shape index (κ1) is 21.7. The maximum absolute atomic E-state index is 12.3. The van der Waals surface area contributed by atoms with Crippen LogP contribution in [-0.4, -0.2) is 46.4 Å². The standard InChI is InChI=1S/C21H26BNO5/c1-26-21(25)19(23-20(24)14-11-16-7-5-4-6-8-16)15-17-9-12-18(13-10-17)22(27-2)28-3/h4-10,12-13,19H,11,14-15H2,1-3H3,(H,23,24)/t19-/m1/s1. The van der Waals surface area contributed by atoms with Gasteiger partial charge in [-0.15, -0.1) is 0 Å². The van der Waals surface area contributed by atoms with E-state index in [-0.39, 0.29) is 5.91 Å². The van der Waals surface area contributed by atoms with Gasteiger partial charge in [-0.25, -0.2) is 4.79 Å². The van der Waals surface area contributed by atoms with E-state index in [0.29, 0.717) is 19.3 Å². The molecule has 148 valence electrons. The normalized spacial score (nSPS) is 11.5. The Morgan fingerprint density at radius 2 is 1.57 bits per heavy atom. The van der Waals surface area contributed by atoms with E-state index < -0.39 is 19.1 Å². The number of rotatable bonds is 10. The summed E-state index contributed by atoms with van der Waals surface area (Å²) in [6, 6.07) is 16.5. The Hall–Kier alpha value is -2.64. The molecule has 0 aliphatic carbocycles. The van der Waals surface area contributed by atoms with Crippen LogP contribution in [0.5, 0.6) is 0 Å². The Morgan fingerprint density at radius 1 is 0.929 bits per heavy atom. The Kier molecular flexibility index (Phi) is 8.71. The van der Waals surface area contributed by atoms with E-state index in [1.807, 2.05) is 54.6 Å². The van der Waals surface area contributed by atoms with Crippen molar-refractivity contribution in [2.24, 2.45) is 0 Å². The number of esters is 1. The van der Waals surface area contributed by atoms with Crippen LogP contribution in [0.2, 0.25) is 0 Å². The molecule has 0 saturated carbocycles. The van der Waals surface area contributed by atoms with Crippen LogP contribution < -0.4 is 10.8 Å². The van der Waals surface area contributed by atoms with Gasteiger partial charge in [0.1, 0.15) is 6.04 Å². The lowest BCUT2D eigenvalue weighted by Gasteiger charge is -2.17. The average Bonchev–Trinajstić information content (AvgIpc) is 2.74. The van der Waals surface area contributed by atoms with E-state index in [9.17, 15) is 9.59 Å². The molecule has 2 aromatic rings. The Balaban J connectivity index is 1.97. The van der Waals surface area contributed by atoms with Crippen molar-refractivity contribution in [2.45, 2.75) is 25.3 Å². The number of ether oxygens (including phenoxy) is 1. The van der Waals surface area contributed by atoms with Gasteiger partial charge in [-0.05, 0) is 23.0 Å².